The molecule has 0 unspecified atom stereocenters. The summed E-state index contributed by atoms with van der Waals surface area (Å²) in [5, 5.41) is 2.52. The monoisotopic (exact) mass is 253 g/mol. The Bertz CT molecular complexity index is 406. The van der Waals surface area contributed by atoms with E-state index in [0.717, 1.165) is 10.6 Å². The smallest absolute Gasteiger partial charge is 0.325 e. The molecule has 1 rings (SSSR count). The van der Waals surface area contributed by atoms with Crippen LogP contribution in [0.5, 0.6) is 0 Å². The third-order valence-electron chi connectivity index (χ3n) is 2.05. The molecule has 0 heterocycles. The van der Waals surface area contributed by atoms with Crippen molar-refractivity contribution >= 4 is 23.6 Å². The summed E-state index contributed by atoms with van der Waals surface area (Å²) >= 11 is 1.59. The molecule has 0 bridgehead atoms. The van der Waals surface area contributed by atoms with Crippen molar-refractivity contribution in [2.45, 2.75) is 11.8 Å². The van der Waals surface area contributed by atoms with E-state index in [9.17, 15) is 9.59 Å². The second-order valence-electron chi connectivity index (χ2n) is 3.19. The van der Waals surface area contributed by atoms with Crippen molar-refractivity contribution in [3.8, 4) is 0 Å². The third-order valence-corrected chi connectivity index (χ3v) is 3.01. The van der Waals surface area contributed by atoms with E-state index in [1.165, 1.54) is 7.11 Å². The lowest BCUT2D eigenvalue weighted by molar-refractivity contribution is -0.139. The summed E-state index contributed by atoms with van der Waals surface area (Å²) in [5.74, 6) is 0.173. The molecule has 0 aromatic heterocycles. The molecule has 0 aliphatic carbocycles. The number of methoxy groups -OCH3 is 1. The van der Waals surface area contributed by atoms with Crippen molar-refractivity contribution in [1.29, 1.82) is 0 Å². The predicted octanol–water partition coefficient (Wildman–Crippen LogP) is 1.70. The molecule has 0 spiro atoms. The van der Waals surface area contributed by atoms with Crippen LogP contribution in [0.25, 0.3) is 0 Å². The molecule has 0 fully saturated rings. The van der Waals surface area contributed by atoms with E-state index in [0.29, 0.717) is 5.56 Å². The number of ether oxygens (including phenoxy) is 1. The molecule has 92 valence electrons. The van der Waals surface area contributed by atoms with Crippen LogP contribution in [0.2, 0.25) is 0 Å². The second kappa shape index (κ2) is 6.96. The van der Waals surface area contributed by atoms with Crippen LogP contribution < -0.4 is 5.32 Å². The Labute approximate surface area is 105 Å². The number of esters is 1. The number of carbonyl (C=O) groups excluding carboxylic acids is 2. The topological polar surface area (TPSA) is 55.4 Å². The first kappa shape index (κ1) is 13.6. The molecule has 1 aromatic carbocycles. The van der Waals surface area contributed by atoms with Crippen LogP contribution in [0, 0.1) is 0 Å². The van der Waals surface area contributed by atoms with Crippen LogP contribution >= 0.6 is 11.8 Å². The van der Waals surface area contributed by atoms with E-state index in [-0.39, 0.29) is 12.5 Å². The van der Waals surface area contributed by atoms with Gasteiger partial charge in [-0.05, 0) is 17.9 Å². The molecule has 0 atom stereocenters. The van der Waals surface area contributed by atoms with Gasteiger partial charge in [0.2, 0.25) is 0 Å². The average Bonchev–Trinajstić information content (AvgIpc) is 2.36. The van der Waals surface area contributed by atoms with Crippen molar-refractivity contribution < 1.29 is 14.3 Å². The minimum atomic E-state index is -0.459. The van der Waals surface area contributed by atoms with Crippen molar-refractivity contribution in [1.82, 2.24) is 5.32 Å². The minimum absolute atomic E-state index is 0.111. The molecule has 1 amide bonds. The lowest BCUT2D eigenvalue weighted by atomic mass is 10.2. The summed E-state index contributed by atoms with van der Waals surface area (Å²) < 4.78 is 4.46. The van der Waals surface area contributed by atoms with Gasteiger partial charge >= 0.3 is 5.97 Å². The van der Waals surface area contributed by atoms with Gasteiger partial charge in [-0.1, -0.05) is 19.1 Å². The first-order valence-corrected chi connectivity index (χ1v) is 6.24. The Balaban J connectivity index is 2.71. The van der Waals surface area contributed by atoms with Gasteiger partial charge in [-0.25, -0.2) is 0 Å². The Morgan fingerprint density at radius 3 is 2.71 bits per heavy atom. The summed E-state index contributed by atoms with van der Waals surface area (Å²) in [6.07, 6.45) is 0. The van der Waals surface area contributed by atoms with Crippen molar-refractivity contribution in [2.24, 2.45) is 0 Å². The summed E-state index contributed by atoms with van der Waals surface area (Å²) in [7, 11) is 1.29. The molecule has 17 heavy (non-hydrogen) atoms. The van der Waals surface area contributed by atoms with E-state index in [4.69, 9.17) is 0 Å². The van der Waals surface area contributed by atoms with E-state index in [1.54, 1.807) is 23.9 Å². The Morgan fingerprint density at radius 1 is 1.35 bits per heavy atom. The van der Waals surface area contributed by atoms with Gasteiger partial charge in [-0.2, -0.15) is 0 Å². The zero-order valence-corrected chi connectivity index (χ0v) is 10.7. The van der Waals surface area contributed by atoms with Crippen LogP contribution in [0.4, 0.5) is 0 Å². The highest BCUT2D eigenvalue weighted by Gasteiger charge is 2.11. The minimum Gasteiger partial charge on any atom is -0.468 e. The number of benzene rings is 1. The zero-order valence-electron chi connectivity index (χ0n) is 9.86. The third kappa shape index (κ3) is 4.11. The largest absolute Gasteiger partial charge is 0.468 e. The van der Waals surface area contributed by atoms with Gasteiger partial charge in [0, 0.05) is 4.90 Å². The number of hydrogen-bond acceptors (Lipinski definition) is 4. The van der Waals surface area contributed by atoms with Crippen LogP contribution in [0.1, 0.15) is 17.3 Å². The summed E-state index contributed by atoms with van der Waals surface area (Å²) in [6.45, 7) is 1.91. The summed E-state index contributed by atoms with van der Waals surface area (Å²) in [5.41, 5.74) is 0.586. The zero-order chi connectivity index (χ0) is 12.7. The van der Waals surface area contributed by atoms with Crippen molar-refractivity contribution in [3.63, 3.8) is 0 Å². The predicted molar refractivity (Wildman–Crippen MR) is 67.2 cm³/mol. The molecular formula is C12H15NO3S. The maximum atomic E-state index is 11.8. The summed E-state index contributed by atoms with van der Waals surface area (Å²) in [4.78, 5) is 23.7. The molecule has 0 saturated carbocycles. The average molecular weight is 253 g/mol. The first-order valence-electron chi connectivity index (χ1n) is 5.25. The molecular weight excluding hydrogens is 238 g/mol. The van der Waals surface area contributed by atoms with Gasteiger partial charge in [-0.3, -0.25) is 9.59 Å². The number of thioether (sulfide) groups is 1. The Kier molecular flexibility index (Phi) is 5.56. The van der Waals surface area contributed by atoms with Crippen LogP contribution in [-0.4, -0.2) is 31.3 Å². The SMILES string of the molecule is CCSc1ccccc1C(=O)NCC(=O)OC. The maximum Gasteiger partial charge on any atom is 0.325 e. The highest BCUT2D eigenvalue weighted by Crippen LogP contribution is 2.21. The lowest BCUT2D eigenvalue weighted by Gasteiger charge is -2.08. The quantitative estimate of drug-likeness (QED) is 0.641. The number of carbonyl (C=O) groups is 2. The number of rotatable bonds is 5. The fourth-order valence-electron chi connectivity index (χ4n) is 1.26. The van der Waals surface area contributed by atoms with Gasteiger partial charge in [0.05, 0.1) is 12.7 Å². The van der Waals surface area contributed by atoms with Gasteiger partial charge in [0.1, 0.15) is 6.54 Å². The maximum absolute atomic E-state index is 11.8. The van der Waals surface area contributed by atoms with Crippen molar-refractivity contribution in [2.75, 3.05) is 19.4 Å². The van der Waals surface area contributed by atoms with Gasteiger partial charge in [0.15, 0.2) is 0 Å². The van der Waals surface area contributed by atoms with Crippen LogP contribution in [0.15, 0.2) is 29.2 Å². The van der Waals surface area contributed by atoms with Crippen LogP contribution in [0.3, 0.4) is 0 Å². The van der Waals surface area contributed by atoms with Crippen LogP contribution in [-0.2, 0) is 9.53 Å². The molecule has 0 saturated heterocycles. The van der Waals surface area contributed by atoms with E-state index < -0.39 is 5.97 Å². The van der Waals surface area contributed by atoms with Gasteiger partial charge < -0.3 is 10.1 Å². The van der Waals surface area contributed by atoms with E-state index >= 15 is 0 Å². The van der Waals surface area contributed by atoms with E-state index in [2.05, 4.69) is 10.1 Å². The normalized spacial score (nSPS) is 9.76. The molecule has 0 radical (unpaired) electrons. The van der Waals surface area contributed by atoms with E-state index in [1.807, 2.05) is 19.1 Å². The second-order valence-corrected chi connectivity index (χ2v) is 4.49. The molecule has 0 aliphatic heterocycles. The molecule has 5 heteroatoms. The lowest BCUT2D eigenvalue weighted by Crippen LogP contribution is -2.30. The fraction of sp³-hybridized carbons (Fsp3) is 0.333. The number of amides is 1. The highest BCUT2D eigenvalue weighted by molar-refractivity contribution is 7.99. The molecule has 1 N–H and O–H groups in total. The Morgan fingerprint density at radius 2 is 2.06 bits per heavy atom. The van der Waals surface area contributed by atoms with Crippen molar-refractivity contribution in [3.05, 3.63) is 29.8 Å². The fourth-order valence-corrected chi connectivity index (χ4v) is 2.06. The van der Waals surface area contributed by atoms with Gasteiger partial charge in [0.25, 0.3) is 5.91 Å². The number of nitrogens with one attached hydrogen (secondary N) is 1. The number of hydrogen-bond donors (Lipinski definition) is 1. The summed E-state index contributed by atoms with van der Waals surface area (Å²) in [6, 6.07) is 7.31. The molecule has 0 aliphatic rings. The first-order chi connectivity index (χ1) is 8.19. The Hall–Kier alpha value is -1.49. The molecule has 1 aromatic rings. The standard InChI is InChI=1S/C12H15NO3S/c1-3-17-10-7-5-4-6-9(10)12(15)13-8-11(14)16-2/h4-7H,3,8H2,1-2H3,(H,13,15). The van der Waals surface area contributed by atoms with Gasteiger partial charge in [-0.15, -0.1) is 11.8 Å². The molecule has 4 nitrogen and oxygen atoms in total. The highest BCUT2D eigenvalue weighted by atomic mass is 32.2.